The molecular formula is C14H25N3O2. The normalized spacial score (nSPS) is 31.9. The summed E-state index contributed by atoms with van der Waals surface area (Å²) in [5, 5.41) is 8.88. The van der Waals surface area contributed by atoms with Crippen molar-refractivity contribution in [1.29, 1.82) is 0 Å². The lowest BCUT2D eigenvalue weighted by molar-refractivity contribution is -0.127. The molecule has 1 heterocycles. The molecule has 5 nitrogen and oxygen atoms in total. The van der Waals surface area contributed by atoms with Crippen molar-refractivity contribution in [2.75, 3.05) is 13.1 Å². The Kier molecular flexibility index (Phi) is 4.80. The number of carbonyl (C=O) groups is 2. The van der Waals surface area contributed by atoms with Crippen LogP contribution in [0, 0.1) is 11.8 Å². The first-order valence-electron chi connectivity index (χ1n) is 7.38. The molecule has 0 aromatic rings. The molecule has 0 radical (unpaired) electrons. The Bertz CT molecular complexity index is 334. The van der Waals surface area contributed by atoms with Crippen LogP contribution in [0.5, 0.6) is 0 Å². The number of hydrogen-bond acceptors (Lipinski definition) is 3. The predicted molar refractivity (Wildman–Crippen MR) is 73.5 cm³/mol. The number of piperazine rings is 1. The zero-order chi connectivity index (χ0) is 13.8. The molecule has 108 valence electrons. The summed E-state index contributed by atoms with van der Waals surface area (Å²) in [5.41, 5.74) is 0. The van der Waals surface area contributed by atoms with Crippen molar-refractivity contribution in [3.05, 3.63) is 0 Å². The number of carbonyl (C=O) groups excluding carboxylic acids is 2. The summed E-state index contributed by atoms with van der Waals surface area (Å²) >= 11 is 0. The van der Waals surface area contributed by atoms with Crippen LogP contribution in [0.4, 0.5) is 0 Å². The first-order chi connectivity index (χ1) is 9.08. The first kappa shape index (κ1) is 14.3. The molecule has 0 aromatic carbocycles. The lowest BCUT2D eigenvalue weighted by Crippen LogP contribution is -2.60. The van der Waals surface area contributed by atoms with E-state index in [9.17, 15) is 9.59 Å². The average Bonchev–Trinajstić information content (AvgIpc) is 2.39. The minimum Gasteiger partial charge on any atom is -0.353 e. The summed E-state index contributed by atoms with van der Waals surface area (Å²) in [5.74, 6) is 1.17. The van der Waals surface area contributed by atoms with E-state index >= 15 is 0 Å². The highest BCUT2D eigenvalue weighted by atomic mass is 16.2. The maximum Gasteiger partial charge on any atom is 0.239 e. The molecule has 1 aliphatic heterocycles. The highest BCUT2D eigenvalue weighted by Crippen LogP contribution is 2.30. The van der Waals surface area contributed by atoms with Crippen molar-refractivity contribution in [3.8, 4) is 0 Å². The van der Waals surface area contributed by atoms with Crippen LogP contribution in [0.15, 0.2) is 0 Å². The van der Waals surface area contributed by atoms with E-state index in [1.807, 2.05) is 0 Å². The lowest BCUT2D eigenvalue weighted by atomic mass is 9.78. The van der Waals surface area contributed by atoms with Gasteiger partial charge in [-0.05, 0) is 24.7 Å². The Morgan fingerprint density at radius 2 is 2.05 bits per heavy atom. The molecule has 1 aliphatic carbocycles. The van der Waals surface area contributed by atoms with E-state index in [1.165, 1.54) is 19.3 Å². The van der Waals surface area contributed by atoms with Crippen LogP contribution in [0.1, 0.15) is 39.5 Å². The minimum atomic E-state index is -0.285. The van der Waals surface area contributed by atoms with E-state index < -0.39 is 0 Å². The van der Waals surface area contributed by atoms with Gasteiger partial charge >= 0.3 is 0 Å². The third-order valence-electron chi connectivity index (χ3n) is 4.33. The molecule has 0 bridgehead atoms. The van der Waals surface area contributed by atoms with Gasteiger partial charge in [0, 0.05) is 12.6 Å². The Morgan fingerprint density at radius 1 is 1.32 bits per heavy atom. The topological polar surface area (TPSA) is 70.2 Å². The van der Waals surface area contributed by atoms with Gasteiger partial charge in [-0.25, -0.2) is 0 Å². The van der Waals surface area contributed by atoms with Crippen LogP contribution in [0.25, 0.3) is 0 Å². The summed E-state index contributed by atoms with van der Waals surface area (Å²) in [6.45, 7) is 5.09. The minimum absolute atomic E-state index is 0.0255. The van der Waals surface area contributed by atoms with E-state index in [0.717, 1.165) is 6.42 Å². The molecule has 1 saturated carbocycles. The summed E-state index contributed by atoms with van der Waals surface area (Å²) < 4.78 is 0. The van der Waals surface area contributed by atoms with Gasteiger partial charge in [-0.15, -0.1) is 0 Å². The van der Waals surface area contributed by atoms with Crippen molar-refractivity contribution in [1.82, 2.24) is 16.0 Å². The van der Waals surface area contributed by atoms with Crippen LogP contribution < -0.4 is 16.0 Å². The maximum absolute atomic E-state index is 12.2. The second-order valence-electron chi connectivity index (χ2n) is 6.04. The molecule has 2 rings (SSSR count). The summed E-state index contributed by atoms with van der Waals surface area (Å²) in [4.78, 5) is 23.3. The van der Waals surface area contributed by atoms with E-state index in [0.29, 0.717) is 24.4 Å². The van der Waals surface area contributed by atoms with Gasteiger partial charge in [0.25, 0.3) is 0 Å². The van der Waals surface area contributed by atoms with E-state index in [4.69, 9.17) is 0 Å². The molecule has 0 spiro atoms. The van der Waals surface area contributed by atoms with Crippen LogP contribution in [-0.2, 0) is 9.59 Å². The zero-order valence-corrected chi connectivity index (χ0v) is 11.9. The van der Waals surface area contributed by atoms with E-state index in [2.05, 4.69) is 29.8 Å². The molecule has 5 heteroatoms. The van der Waals surface area contributed by atoms with Crippen LogP contribution >= 0.6 is 0 Å². The highest BCUT2D eigenvalue weighted by molar-refractivity contribution is 5.86. The largest absolute Gasteiger partial charge is 0.353 e. The molecular weight excluding hydrogens is 242 g/mol. The SMILES string of the molecule is CC(C)C1CCCCC1NC(=O)C1CNC(=O)CN1. The third kappa shape index (κ3) is 3.69. The van der Waals surface area contributed by atoms with Gasteiger partial charge in [-0.1, -0.05) is 26.7 Å². The number of rotatable bonds is 3. The zero-order valence-electron chi connectivity index (χ0n) is 11.9. The molecule has 2 aliphatic rings. The van der Waals surface area contributed by atoms with E-state index in [1.54, 1.807) is 0 Å². The van der Waals surface area contributed by atoms with Gasteiger partial charge < -0.3 is 10.6 Å². The van der Waals surface area contributed by atoms with Crippen molar-refractivity contribution >= 4 is 11.8 Å². The molecule has 2 amide bonds. The second-order valence-corrected chi connectivity index (χ2v) is 6.04. The quantitative estimate of drug-likeness (QED) is 0.693. The van der Waals surface area contributed by atoms with Gasteiger partial charge in [0.2, 0.25) is 11.8 Å². The third-order valence-corrected chi connectivity index (χ3v) is 4.33. The lowest BCUT2D eigenvalue weighted by Gasteiger charge is -2.36. The highest BCUT2D eigenvalue weighted by Gasteiger charge is 2.31. The predicted octanol–water partition coefficient (Wildman–Crippen LogP) is 0.405. The molecule has 19 heavy (non-hydrogen) atoms. The Morgan fingerprint density at radius 3 is 2.68 bits per heavy atom. The molecule has 3 atom stereocenters. The molecule has 0 aromatic heterocycles. The van der Waals surface area contributed by atoms with Crippen LogP contribution in [-0.4, -0.2) is 37.0 Å². The molecule has 3 unspecified atom stereocenters. The van der Waals surface area contributed by atoms with Crippen molar-refractivity contribution in [3.63, 3.8) is 0 Å². The van der Waals surface area contributed by atoms with Crippen molar-refractivity contribution in [2.24, 2.45) is 11.8 Å². The van der Waals surface area contributed by atoms with Gasteiger partial charge in [-0.2, -0.15) is 0 Å². The Labute approximate surface area is 114 Å². The standard InChI is InChI=1S/C14H25N3O2/c1-9(2)10-5-3-4-6-11(10)17-14(19)12-7-16-13(18)8-15-12/h9-12,15H,3-8H2,1-2H3,(H,16,18)(H,17,19). The first-order valence-corrected chi connectivity index (χ1v) is 7.38. The molecule has 1 saturated heterocycles. The summed E-state index contributed by atoms with van der Waals surface area (Å²) in [6, 6.07) is 0.00752. The van der Waals surface area contributed by atoms with E-state index in [-0.39, 0.29) is 24.4 Å². The fourth-order valence-corrected chi connectivity index (χ4v) is 3.17. The van der Waals surface area contributed by atoms with Gasteiger partial charge in [0.05, 0.1) is 6.54 Å². The summed E-state index contributed by atoms with van der Waals surface area (Å²) in [6.07, 6.45) is 4.75. The van der Waals surface area contributed by atoms with Crippen molar-refractivity contribution < 1.29 is 9.59 Å². The monoisotopic (exact) mass is 267 g/mol. The van der Waals surface area contributed by atoms with Gasteiger partial charge in [-0.3, -0.25) is 14.9 Å². The van der Waals surface area contributed by atoms with Crippen LogP contribution in [0.2, 0.25) is 0 Å². The summed E-state index contributed by atoms with van der Waals surface area (Å²) in [7, 11) is 0. The fourth-order valence-electron chi connectivity index (χ4n) is 3.17. The van der Waals surface area contributed by atoms with Crippen molar-refractivity contribution in [2.45, 2.75) is 51.6 Å². The number of nitrogens with one attached hydrogen (secondary N) is 3. The van der Waals surface area contributed by atoms with Gasteiger partial charge in [0.1, 0.15) is 6.04 Å². The molecule has 3 N–H and O–H groups in total. The Balaban J connectivity index is 1.88. The smallest absolute Gasteiger partial charge is 0.239 e. The van der Waals surface area contributed by atoms with Gasteiger partial charge in [0.15, 0.2) is 0 Å². The number of hydrogen-bond donors (Lipinski definition) is 3. The molecule has 2 fully saturated rings. The second kappa shape index (κ2) is 6.37. The van der Waals surface area contributed by atoms with Crippen LogP contribution in [0.3, 0.4) is 0 Å². The average molecular weight is 267 g/mol. The fraction of sp³-hybridized carbons (Fsp3) is 0.857. The number of amides is 2. The Hall–Kier alpha value is -1.10. The maximum atomic E-state index is 12.2.